The third-order valence-electron chi connectivity index (χ3n) is 3.49. The minimum absolute atomic E-state index is 0.0725. The molecule has 0 radical (unpaired) electrons. The van der Waals surface area contributed by atoms with Gasteiger partial charge >= 0.3 is 0 Å². The van der Waals surface area contributed by atoms with Crippen molar-refractivity contribution in [2.45, 2.75) is 13.3 Å². The Labute approximate surface area is 152 Å². The first-order chi connectivity index (χ1) is 12.7. The molecule has 1 heterocycles. The van der Waals surface area contributed by atoms with Crippen LogP contribution in [-0.4, -0.2) is 48.2 Å². The fraction of sp³-hybridized carbons (Fsp3) is 0.316. The second kappa shape index (κ2) is 10.8. The Kier molecular flexibility index (Phi) is 8.08. The molecule has 0 aliphatic carbocycles. The van der Waals surface area contributed by atoms with Gasteiger partial charge in [0, 0.05) is 31.9 Å². The highest BCUT2D eigenvalue weighted by molar-refractivity contribution is 5.97. The van der Waals surface area contributed by atoms with Gasteiger partial charge in [-0.15, -0.1) is 0 Å². The van der Waals surface area contributed by atoms with Gasteiger partial charge < -0.3 is 19.5 Å². The highest BCUT2D eigenvalue weighted by atomic mass is 16.5. The first-order valence-corrected chi connectivity index (χ1v) is 8.49. The Hall–Kier alpha value is -2.93. The standard InChI is InChI=1S/C19H23N3O4/c1-2-25-13-6-12-22(15-18(23)20-17-11-14-26-21-17)19(24)10-9-16-7-4-3-5-8-16/h3-5,7-11,14H,2,6,12-13,15H2,1H3,(H,20,21,23)/b10-9+. The molecule has 7 heteroatoms. The summed E-state index contributed by atoms with van der Waals surface area (Å²) in [5, 5.41) is 6.22. The predicted molar refractivity (Wildman–Crippen MR) is 98.3 cm³/mol. The van der Waals surface area contributed by atoms with E-state index in [9.17, 15) is 9.59 Å². The Balaban J connectivity index is 1.95. The number of nitrogens with zero attached hydrogens (tertiary/aromatic N) is 2. The first-order valence-electron chi connectivity index (χ1n) is 8.49. The summed E-state index contributed by atoms with van der Waals surface area (Å²) < 4.78 is 9.98. The van der Waals surface area contributed by atoms with E-state index >= 15 is 0 Å². The fourth-order valence-electron chi connectivity index (χ4n) is 2.24. The molecular formula is C19H23N3O4. The summed E-state index contributed by atoms with van der Waals surface area (Å²) in [7, 11) is 0. The Morgan fingerprint density at radius 3 is 2.77 bits per heavy atom. The molecule has 26 heavy (non-hydrogen) atoms. The van der Waals surface area contributed by atoms with Crippen LogP contribution in [0.15, 0.2) is 53.3 Å². The minimum Gasteiger partial charge on any atom is -0.382 e. The molecule has 0 fully saturated rings. The number of aromatic nitrogens is 1. The van der Waals surface area contributed by atoms with Gasteiger partial charge in [0.25, 0.3) is 0 Å². The molecule has 1 aromatic heterocycles. The van der Waals surface area contributed by atoms with Crippen LogP contribution in [0.5, 0.6) is 0 Å². The smallest absolute Gasteiger partial charge is 0.247 e. The maximum absolute atomic E-state index is 12.5. The monoisotopic (exact) mass is 357 g/mol. The zero-order valence-corrected chi connectivity index (χ0v) is 14.8. The third-order valence-corrected chi connectivity index (χ3v) is 3.49. The van der Waals surface area contributed by atoms with Crippen LogP contribution >= 0.6 is 0 Å². The molecule has 0 saturated heterocycles. The highest BCUT2D eigenvalue weighted by Crippen LogP contribution is 2.05. The van der Waals surface area contributed by atoms with Crippen molar-refractivity contribution in [3.8, 4) is 0 Å². The molecule has 138 valence electrons. The van der Waals surface area contributed by atoms with Gasteiger partial charge in [-0.2, -0.15) is 0 Å². The van der Waals surface area contributed by atoms with E-state index in [4.69, 9.17) is 4.74 Å². The predicted octanol–water partition coefficient (Wildman–Crippen LogP) is 2.58. The maximum atomic E-state index is 12.5. The Morgan fingerprint density at radius 1 is 1.27 bits per heavy atom. The summed E-state index contributed by atoms with van der Waals surface area (Å²) in [6.07, 6.45) is 5.21. The summed E-state index contributed by atoms with van der Waals surface area (Å²) in [5.74, 6) is -0.256. The summed E-state index contributed by atoms with van der Waals surface area (Å²) in [6, 6.07) is 11.0. The number of hydrogen-bond donors (Lipinski definition) is 1. The number of nitrogens with one attached hydrogen (secondary N) is 1. The van der Waals surface area contributed by atoms with E-state index in [-0.39, 0.29) is 18.4 Å². The molecule has 0 atom stereocenters. The van der Waals surface area contributed by atoms with Gasteiger partial charge in [-0.3, -0.25) is 9.59 Å². The van der Waals surface area contributed by atoms with E-state index in [1.165, 1.54) is 23.3 Å². The van der Waals surface area contributed by atoms with Crippen molar-refractivity contribution in [2.75, 3.05) is 31.6 Å². The van der Waals surface area contributed by atoms with Gasteiger partial charge in [0.2, 0.25) is 11.8 Å². The van der Waals surface area contributed by atoms with Crippen molar-refractivity contribution in [2.24, 2.45) is 0 Å². The van der Waals surface area contributed by atoms with Crippen LogP contribution in [-0.2, 0) is 14.3 Å². The van der Waals surface area contributed by atoms with E-state index < -0.39 is 0 Å². The molecule has 7 nitrogen and oxygen atoms in total. The molecule has 0 saturated carbocycles. The van der Waals surface area contributed by atoms with Gasteiger partial charge in [0.1, 0.15) is 12.8 Å². The highest BCUT2D eigenvalue weighted by Gasteiger charge is 2.15. The Bertz CT molecular complexity index is 699. The van der Waals surface area contributed by atoms with E-state index in [0.29, 0.717) is 32.0 Å². The number of hydrogen-bond acceptors (Lipinski definition) is 5. The van der Waals surface area contributed by atoms with Gasteiger partial charge in [-0.25, -0.2) is 0 Å². The van der Waals surface area contributed by atoms with Crippen LogP contribution in [0, 0.1) is 0 Å². The number of amides is 2. The molecule has 2 rings (SSSR count). The molecule has 0 unspecified atom stereocenters. The van der Waals surface area contributed by atoms with Crippen LogP contribution in [0.25, 0.3) is 6.08 Å². The second-order valence-electron chi connectivity index (χ2n) is 5.49. The number of carbonyl (C=O) groups excluding carboxylic acids is 2. The largest absolute Gasteiger partial charge is 0.382 e. The normalized spacial score (nSPS) is 10.8. The van der Waals surface area contributed by atoms with Gasteiger partial charge in [-0.1, -0.05) is 35.5 Å². The lowest BCUT2D eigenvalue weighted by atomic mass is 10.2. The molecule has 2 aromatic rings. The summed E-state index contributed by atoms with van der Waals surface area (Å²) >= 11 is 0. The zero-order chi connectivity index (χ0) is 18.6. The van der Waals surface area contributed by atoms with Crippen molar-refractivity contribution in [1.82, 2.24) is 10.1 Å². The molecule has 0 bridgehead atoms. The number of rotatable bonds is 10. The first kappa shape index (κ1) is 19.4. The van der Waals surface area contributed by atoms with E-state index in [0.717, 1.165) is 5.56 Å². The zero-order valence-electron chi connectivity index (χ0n) is 14.8. The van der Waals surface area contributed by atoms with Crippen LogP contribution in [0.4, 0.5) is 5.82 Å². The fourth-order valence-corrected chi connectivity index (χ4v) is 2.24. The van der Waals surface area contributed by atoms with Gasteiger partial charge in [0.15, 0.2) is 5.82 Å². The molecule has 0 aliphatic heterocycles. The average Bonchev–Trinajstić information content (AvgIpc) is 3.16. The van der Waals surface area contributed by atoms with Gasteiger partial charge in [-0.05, 0) is 25.0 Å². The lowest BCUT2D eigenvalue weighted by molar-refractivity contribution is -0.130. The van der Waals surface area contributed by atoms with Crippen molar-refractivity contribution in [3.05, 3.63) is 54.3 Å². The SMILES string of the molecule is CCOCCCN(CC(=O)Nc1ccon1)C(=O)/C=C/c1ccccc1. The van der Waals surface area contributed by atoms with Crippen molar-refractivity contribution >= 4 is 23.7 Å². The lowest BCUT2D eigenvalue weighted by Crippen LogP contribution is -2.38. The summed E-state index contributed by atoms with van der Waals surface area (Å²) in [5.41, 5.74) is 0.919. The summed E-state index contributed by atoms with van der Waals surface area (Å²) in [6.45, 7) is 3.42. The maximum Gasteiger partial charge on any atom is 0.247 e. The molecule has 1 aromatic carbocycles. The minimum atomic E-state index is -0.336. The van der Waals surface area contributed by atoms with E-state index in [2.05, 4.69) is 15.0 Å². The average molecular weight is 357 g/mol. The second-order valence-corrected chi connectivity index (χ2v) is 5.49. The Morgan fingerprint density at radius 2 is 2.08 bits per heavy atom. The number of anilines is 1. The van der Waals surface area contributed by atoms with Crippen molar-refractivity contribution in [1.29, 1.82) is 0 Å². The van der Waals surface area contributed by atoms with Crippen molar-refractivity contribution in [3.63, 3.8) is 0 Å². The molecule has 0 aliphatic rings. The molecule has 2 amide bonds. The van der Waals surface area contributed by atoms with E-state index in [1.807, 2.05) is 37.3 Å². The number of ether oxygens (including phenoxy) is 1. The quantitative estimate of drug-likeness (QED) is 0.522. The van der Waals surface area contributed by atoms with Crippen LogP contribution in [0.3, 0.4) is 0 Å². The lowest BCUT2D eigenvalue weighted by Gasteiger charge is -2.20. The van der Waals surface area contributed by atoms with Gasteiger partial charge in [0.05, 0.1) is 0 Å². The summed E-state index contributed by atoms with van der Waals surface area (Å²) in [4.78, 5) is 26.1. The van der Waals surface area contributed by atoms with Crippen LogP contribution in [0.1, 0.15) is 18.9 Å². The molecular weight excluding hydrogens is 334 g/mol. The third kappa shape index (κ3) is 6.90. The molecule has 1 N–H and O–H groups in total. The number of benzene rings is 1. The number of carbonyl (C=O) groups is 2. The van der Waals surface area contributed by atoms with Crippen LogP contribution < -0.4 is 5.32 Å². The van der Waals surface area contributed by atoms with Crippen LogP contribution in [0.2, 0.25) is 0 Å². The molecule has 0 spiro atoms. The van der Waals surface area contributed by atoms with Crippen molar-refractivity contribution < 1.29 is 18.8 Å². The van der Waals surface area contributed by atoms with E-state index in [1.54, 1.807) is 6.08 Å². The topological polar surface area (TPSA) is 84.7 Å².